The summed E-state index contributed by atoms with van der Waals surface area (Å²) in [6.07, 6.45) is 0. The van der Waals surface area contributed by atoms with Crippen LogP contribution in [0.2, 0.25) is 5.28 Å². The molecule has 362 valence electrons. The van der Waals surface area contributed by atoms with Crippen molar-refractivity contribution >= 4 is 163 Å². The van der Waals surface area contributed by atoms with Crippen molar-refractivity contribution in [2.24, 2.45) is 10.2 Å². The van der Waals surface area contributed by atoms with Crippen molar-refractivity contribution in [3.05, 3.63) is 72.0 Å². The summed E-state index contributed by atoms with van der Waals surface area (Å²) in [7, 11) is -19.7. The molecule has 70 heavy (non-hydrogen) atoms. The summed E-state index contributed by atoms with van der Waals surface area (Å²) in [6.45, 7) is -1.86. The maximum Gasteiger partial charge on any atom is 1.00 e. The fraction of sp³-hybridized carbons (Fsp3) is 0.167. The number of azo groups is 1. The first kappa shape index (κ1) is 71.0. The summed E-state index contributed by atoms with van der Waals surface area (Å²) < 4.78 is 163. The number of anilines is 4. The van der Waals surface area contributed by atoms with Gasteiger partial charge in [0.2, 0.25) is 38.0 Å². The molecule has 5 rings (SSSR count). The molecule has 1 aromatic heterocycles. The Hall–Kier alpha value is 1.03. The van der Waals surface area contributed by atoms with Gasteiger partial charge < -0.3 is 34.7 Å². The Bertz CT molecular complexity index is 3180. The van der Waals surface area contributed by atoms with E-state index < -0.39 is 123 Å². The molecular weight excluding hydrogens is 1370 g/mol. The van der Waals surface area contributed by atoms with E-state index in [0.717, 1.165) is 54.6 Å². The number of hydrogen-bond donors (Lipinski definition) is 4. The molecule has 0 aliphatic rings. The summed E-state index contributed by atoms with van der Waals surface area (Å²) >= 11 is 8.04. The van der Waals surface area contributed by atoms with Crippen LogP contribution in [0.1, 0.15) is 0 Å². The summed E-state index contributed by atoms with van der Waals surface area (Å²) in [5.74, 6) is -3.20. The summed E-state index contributed by atoms with van der Waals surface area (Å²) in [6, 6.07) is 12.1. The van der Waals surface area contributed by atoms with Gasteiger partial charge in [0.1, 0.15) is 15.8 Å². The molecule has 1 heterocycles. The van der Waals surface area contributed by atoms with Gasteiger partial charge in [0.25, 0.3) is 0 Å². The normalized spacial score (nSPS) is 12.0. The van der Waals surface area contributed by atoms with E-state index in [0.29, 0.717) is 0 Å². The van der Waals surface area contributed by atoms with Gasteiger partial charge in [-0.15, -0.1) is 5.11 Å². The SMILES string of the molecule is CI(S)I.O=S(=O)([O-])OCCS(=O)(=O)c1ccc(N=Nc2c(SOO[O-])cc3cc(S(=O)(=O)[O-])c(Nc4nc(Cl)nc(Nc5ccc(S(=O)(=O)CCOS(=O)(=O)[O-])cc5)n4)cc3c2O)cc1.[Na+].[Na+].[Na+].[Na+]. The molecule has 0 spiro atoms. The van der Waals surface area contributed by atoms with Crippen molar-refractivity contribution in [1.29, 1.82) is 0 Å². The average molecular weight is 1390 g/mol. The van der Waals surface area contributed by atoms with E-state index in [4.69, 9.17) is 11.6 Å². The molecule has 4 aromatic carbocycles. The number of aromatic hydroxyl groups is 1. The number of rotatable bonds is 20. The second kappa shape index (κ2) is 31.4. The Morgan fingerprint density at radius 1 is 0.757 bits per heavy atom. The van der Waals surface area contributed by atoms with E-state index in [1.165, 1.54) is 12.1 Å². The first-order chi connectivity index (χ1) is 30.6. The number of aromatic nitrogens is 3. The number of benzene rings is 4. The van der Waals surface area contributed by atoms with Crippen molar-refractivity contribution in [2.75, 3.05) is 40.3 Å². The van der Waals surface area contributed by atoms with Gasteiger partial charge in [0.05, 0.1) is 67.7 Å². The monoisotopic (exact) mass is 1390 g/mol. The number of phenols is 1. The second-order valence-electron chi connectivity index (χ2n) is 12.0. The molecule has 0 aliphatic carbocycles. The minimum Gasteiger partial charge on any atom is -0.744 e. The predicted molar refractivity (Wildman–Crippen MR) is 248 cm³/mol. The topological polar surface area (TPSA) is 408 Å². The molecule has 5 aromatic rings. The first-order valence-electron chi connectivity index (χ1n) is 16.7. The number of fused-ring (bicyclic) bond motifs is 1. The Morgan fingerprint density at radius 2 is 1.23 bits per heavy atom. The van der Waals surface area contributed by atoms with Gasteiger partial charge in [-0.05, 0) is 83.7 Å². The molecule has 40 heteroatoms. The van der Waals surface area contributed by atoms with Gasteiger partial charge in [0, 0.05) is 11.1 Å². The number of nitrogens with zero attached hydrogens (tertiary/aromatic N) is 5. The maximum atomic E-state index is 12.5. The Balaban J connectivity index is 0.00000572. The zero-order valence-electron chi connectivity index (χ0n) is 36.2. The van der Waals surface area contributed by atoms with Crippen molar-refractivity contribution < 1.29 is 202 Å². The van der Waals surface area contributed by atoms with Crippen molar-refractivity contribution in [3.8, 4) is 5.75 Å². The van der Waals surface area contributed by atoms with Gasteiger partial charge in [0.15, 0.2) is 25.4 Å². The van der Waals surface area contributed by atoms with Crippen LogP contribution in [0.25, 0.3) is 10.8 Å². The molecule has 0 atom stereocenters. The van der Waals surface area contributed by atoms with E-state index in [2.05, 4.69) is 86.9 Å². The van der Waals surface area contributed by atoms with Crippen LogP contribution in [0.5, 0.6) is 5.75 Å². The minimum atomic E-state index is -5.33. The van der Waals surface area contributed by atoms with Crippen LogP contribution in [0.4, 0.5) is 34.6 Å². The minimum absolute atomic E-state index is 0. The molecule has 0 unspecified atom stereocenters. The zero-order chi connectivity index (χ0) is 49.3. The van der Waals surface area contributed by atoms with E-state index >= 15 is 0 Å². The smallest absolute Gasteiger partial charge is 0.744 e. The molecule has 0 fully saturated rings. The third-order valence-electron chi connectivity index (χ3n) is 7.52. The Kier molecular flexibility index (Phi) is 31.9. The second-order valence-corrected chi connectivity index (χ2v) is 38.8. The summed E-state index contributed by atoms with van der Waals surface area (Å²) in [5, 5.41) is 37.7. The van der Waals surface area contributed by atoms with Crippen LogP contribution < -0.4 is 134 Å². The fourth-order valence-corrected chi connectivity index (χ4v) is 9.17. The maximum absolute atomic E-state index is 12.5. The number of alkyl halides is 1. The Morgan fingerprint density at radius 3 is 1.69 bits per heavy atom. The van der Waals surface area contributed by atoms with Crippen molar-refractivity contribution in [3.63, 3.8) is 0 Å². The quantitative estimate of drug-likeness (QED) is 0.00537. The molecule has 0 radical (unpaired) electrons. The van der Waals surface area contributed by atoms with Crippen LogP contribution in [-0.2, 0) is 68.3 Å². The van der Waals surface area contributed by atoms with Gasteiger partial charge in [-0.25, -0.2) is 42.1 Å². The van der Waals surface area contributed by atoms with Crippen molar-refractivity contribution in [1.82, 2.24) is 15.0 Å². The number of thiol groups is 1. The van der Waals surface area contributed by atoms with E-state index in [1.54, 1.807) is 0 Å². The number of sulfone groups is 2. The van der Waals surface area contributed by atoms with Crippen molar-refractivity contribution in [2.45, 2.75) is 19.6 Å². The molecule has 26 nitrogen and oxygen atoms in total. The average Bonchev–Trinajstić information content (AvgIpc) is 3.18. The van der Waals surface area contributed by atoms with E-state index in [9.17, 15) is 66.1 Å². The van der Waals surface area contributed by atoms with Crippen LogP contribution in [0.15, 0.2) is 96.5 Å². The first-order valence-corrected chi connectivity index (χ1v) is 36.9. The van der Waals surface area contributed by atoms with Gasteiger partial charge >= 0.3 is 166 Å². The largest absolute Gasteiger partial charge is 1.00 e. The van der Waals surface area contributed by atoms with Gasteiger partial charge in [-0.2, -0.15) is 24.4 Å². The fourth-order valence-electron chi connectivity index (χ4n) is 4.90. The number of halogens is 3. The summed E-state index contributed by atoms with van der Waals surface area (Å²) in [4.78, 5) is 12.3. The third kappa shape index (κ3) is 23.7. The van der Waals surface area contributed by atoms with E-state index in [1.807, 2.05) is 0 Å². The predicted octanol–water partition coefficient (Wildman–Crippen LogP) is -7.74. The Labute approximate surface area is 518 Å². The van der Waals surface area contributed by atoms with Gasteiger partial charge in [-0.1, -0.05) is 0 Å². The third-order valence-corrected chi connectivity index (χ3v) is 13.5. The van der Waals surface area contributed by atoms with E-state index in [-0.39, 0.29) is 173 Å². The van der Waals surface area contributed by atoms with Crippen LogP contribution >= 0.6 is 66.5 Å². The zero-order valence-corrected chi connectivity index (χ0v) is 55.1. The number of nitrogens with one attached hydrogen (secondary N) is 2. The molecular formula is C30H26ClI2N7Na4O19S7. The number of phenolic OH excluding ortho intramolecular Hbond substituents is 1. The molecule has 0 amide bonds. The summed E-state index contributed by atoms with van der Waals surface area (Å²) in [5.41, 5.74) is -0.795. The molecule has 0 aliphatic heterocycles. The number of hydrogen-bond acceptors (Lipinski definition) is 28. The van der Waals surface area contributed by atoms with Crippen LogP contribution in [0.3, 0.4) is 0 Å². The molecule has 0 saturated carbocycles. The standard InChI is InChI=1S/C29H26ClN7O19S6.CH4I2S.4Na/c30-27-33-28(31-17-1-5-19(6-2-17)58(40,41)11-9-53-61(47,48)49)35-29(34-27)32-22-15-21-16(14-24(22)60(44,45)46)13-23(57-56-55-39)25(26(21)38)37-36-18-3-7-20(8-4-18)59(42,43)12-10-54-62(50,51)52;1-3(2)4;;;;/h1-8,13-15,38-39H,9-12H2,(H,44,45,46)(H,47,48,49)(H,50,51,52)(H2,31,32,33,34,35);4H,1H3;;;;/q;;4*+1/p-4. The van der Waals surface area contributed by atoms with Crippen LogP contribution in [0, 0.1) is 0 Å². The van der Waals surface area contributed by atoms with Gasteiger partial charge in [-0.3, -0.25) is 13.4 Å². The molecule has 0 saturated heterocycles. The molecule has 0 bridgehead atoms. The van der Waals surface area contributed by atoms with Crippen LogP contribution in [-0.4, -0.2) is 105 Å². The molecule has 3 N–H and O–H groups in total.